The summed E-state index contributed by atoms with van der Waals surface area (Å²) >= 11 is 11.3. The van der Waals surface area contributed by atoms with Gasteiger partial charge in [0.15, 0.2) is 0 Å². The first-order valence-corrected chi connectivity index (χ1v) is 11.4. The highest BCUT2D eigenvalue weighted by Crippen LogP contribution is 2.19. The molecule has 0 aliphatic heterocycles. The van der Waals surface area contributed by atoms with Crippen molar-refractivity contribution in [3.63, 3.8) is 0 Å². The summed E-state index contributed by atoms with van der Waals surface area (Å²) in [5.41, 5.74) is 1.23. The molecule has 12 heteroatoms. The number of aromatic nitrogens is 2. The third-order valence-electron chi connectivity index (χ3n) is 3.04. The van der Waals surface area contributed by atoms with E-state index in [-0.39, 0.29) is 14.9 Å². The van der Waals surface area contributed by atoms with Gasteiger partial charge in [-0.25, -0.2) is 31.1 Å². The van der Waals surface area contributed by atoms with Crippen LogP contribution in [0.1, 0.15) is 11.1 Å². The molecule has 0 bridgehead atoms. The molecule has 7 nitrogen and oxygen atoms in total. The second kappa shape index (κ2) is 8.81. The molecule has 0 amide bonds. The van der Waals surface area contributed by atoms with E-state index in [0.717, 1.165) is 10.5 Å². The van der Waals surface area contributed by atoms with Gasteiger partial charge in [-0.15, -0.1) is 0 Å². The Balaban J connectivity index is 0.000000263. The van der Waals surface area contributed by atoms with Gasteiger partial charge >= 0.3 is 0 Å². The molecule has 0 N–H and O–H groups in total. The van der Waals surface area contributed by atoms with Crippen LogP contribution in [-0.4, -0.2) is 45.2 Å². The zero-order valence-corrected chi connectivity index (χ0v) is 18.1. The standard InChI is InChI=1S/C8H11ClN2O2S.C6H5Cl2NO2S/c1-6-4-7(5-10-8(6)9)14(12,13)11(2)3;1-4-2-5(12(8,10)11)3-9-6(4)7/h4-5H,1-3H3;2-3H,1H3. The fraction of sp³-hybridized carbons (Fsp3) is 0.286. The van der Waals surface area contributed by atoms with Crippen molar-refractivity contribution in [2.45, 2.75) is 23.6 Å². The Kier molecular flexibility index (Phi) is 7.82. The van der Waals surface area contributed by atoms with Gasteiger partial charge in [-0.1, -0.05) is 23.2 Å². The van der Waals surface area contributed by atoms with Crippen LogP contribution < -0.4 is 0 Å². The van der Waals surface area contributed by atoms with Crippen molar-refractivity contribution in [2.24, 2.45) is 0 Å². The Morgan fingerprint density at radius 2 is 1.23 bits per heavy atom. The van der Waals surface area contributed by atoms with Crippen LogP contribution in [-0.2, 0) is 19.1 Å². The first-order valence-electron chi connectivity index (χ1n) is 6.88. The summed E-state index contributed by atoms with van der Waals surface area (Å²) in [7, 11) is 0.920. The van der Waals surface area contributed by atoms with Gasteiger partial charge in [0.25, 0.3) is 9.05 Å². The summed E-state index contributed by atoms with van der Waals surface area (Å²) in [5, 5.41) is 0.599. The molecule has 0 radical (unpaired) electrons. The summed E-state index contributed by atoms with van der Waals surface area (Å²) in [5.74, 6) is 0. The number of sulfonamides is 1. The molecule has 144 valence electrons. The first kappa shape index (κ1) is 23.1. The van der Waals surface area contributed by atoms with Gasteiger partial charge in [0.05, 0.1) is 0 Å². The van der Waals surface area contributed by atoms with E-state index in [9.17, 15) is 16.8 Å². The van der Waals surface area contributed by atoms with Gasteiger partial charge < -0.3 is 0 Å². The molecular formula is C14H16Cl3N3O4S2. The molecule has 0 aliphatic carbocycles. The van der Waals surface area contributed by atoms with Crippen LogP contribution >= 0.6 is 33.9 Å². The third kappa shape index (κ3) is 6.04. The van der Waals surface area contributed by atoms with Crippen molar-refractivity contribution in [1.29, 1.82) is 0 Å². The van der Waals surface area contributed by atoms with E-state index < -0.39 is 19.1 Å². The lowest BCUT2D eigenvalue weighted by Crippen LogP contribution is -2.22. The molecule has 0 saturated carbocycles. The number of nitrogens with zero attached hydrogens (tertiary/aromatic N) is 3. The van der Waals surface area contributed by atoms with Crippen LogP contribution in [0, 0.1) is 13.8 Å². The lowest BCUT2D eigenvalue weighted by atomic mass is 10.3. The normalized spacial score (nSPS) is 11.8. The van der Waals surface area contributed by atoms with Crippen LogP contribution in [0.25, 0.3) is 0 Å². The Morgan fingerprint density at radius 3 is 1.58 bits per heavy atom. The van der Waals surface area contributed by atoms with Gasteiger partial charge in [0, 0.05) is 37.2 Å². The molecule has 0 unspecified atom stereocenters. The van der Waals surface area contributed by atoms with E-state index in [1.807, 2.05) is 0 Å². The minimum absolute atomic E-state index is 0.0360. The lowest BCUT2D eigenvalue weighted by Gasteiger charge is -2.11. The molecule has 2 aromatic rings. The number of rotatable bonds is 3. The highest BCUT2D eigenvalue weighted by molar-refractivity contribution is 8.13. The van der Waals surface area contributed by atoms with Gasteiger partial charge in [0.2, 0.25) is 10.0 Å². The topological polar surface area (TPSA) is 97.3 Å². The summed E-state index contributed by atoms with van der Waals surface area (Å²) in [6.07, 6.45) is 2.38. The number of hydrogen-bond acceptors (Lipinski definition) is 6. The Bertz CT molecular complexity index is 1010. The zero-order chi connectivity index (χ0) is 20.3. The van der Waals surface area contributed by atoms with E-state index in [1.165, 1.54) is 32.4 Å². The van der Waals surface area contributed by atoms with Crippen LogP contribution in [0.5, 0.6) is 0 Å². The Morgan fingerprint density at radius 1 is 0.846 bits per heavy atom. The largest absolute Gasteiger partial charge is 0.262 e. The zero-order valence-electron chi connectivity index (χ0n) is 14.2. The van der Waals surface area contributed by atoms with Gasteiger partial charge in [-0.3, -0.25) is 0 Å². The highest BCUT2D eigenvalue weighted by Gasteiger charge is 2.18. The maximum atomic E-state index is 11.6. The molecule has 2 heterocycles. The summed E-state index contributed by atoms with van der Waals surface area (Å²) in [6, 6.07) is 2.88. The average molecular weight is 461 g/mol. The van der Waals surface area contributed by atoms with E-state index >= 15 is 0 Å². The van der Waals surface area contributed by atoms with Crippen molar-refractivity contribution in [3.8, 4) is 0 Å². The van der Waals surface area contributed by atoms with Crippen LogP contribution in [0.4, 0.5) is 0 Å². The summed E-state index contributed by atoms with van der Waals surface area (Å²) < 4.78 is 46.0. The highest BCUT2D eigenvalue weighted by atomic mass is 35.7. The van der Waals surface area contributed by atoms with Crippen LogP contribution in [0.15, 0.2) is 34.3 Å². The average Bonchev–Trinajstić information content (AvgIpc) is 2.52. The lowest BCUT2D eigenvalue weighted by molar-refractivity contribution is 0.520. The van der Waals surface area contributed by atoms with E-state index in [4.69, 9.17) is 33.9 Å². The predicted octanol–water partition coefficient (Wildman–Crippen LogP) is 3.26. The molecule has 0 saturated heterocycles. The molecular weight excluding hydrogens is 445 g/mol. The second-order valence-corrected chi connectivity index (χ2v) is 10.7. The molecule has 0 aliphatic rings. The number of hydrogen-bond donors (Lipinski definition) is 0. The Hall–Kier alpha value is -0.970. The monoisotopic (exact) mass is 459 g/mol. The molecule has 26 heavy (non-hydrogen) atoms. The van der Waals surface area contributed by atoms with E-state index in [2.05, 4.69) is 9.97 Å². The molecule has 2 rings (SSSR count). The predicted molar refractivity (Wildman–Crippen MR) is 102 cm³/mol. The second-order valence-electron chi connectivity index (χ2n) is 5.28. The summed E-state index contributed by atoms with van der Waals surface area (Å²) in [6.45, 7) is 3.37. The molecule has 0 atom stereocenters. The molecule has 0 fully saturated rings. The minimum atomic E-state index is -3.69. The van der Waals surface area contributed by atoms with Crippen molar-refractivity contribution < 1.29 is 16.8 Å². The smallest absolute Gasteiger partial charge is 0.243 e. The number of halogens is 3. The number of aryl methyl sites for hydroxylation is 2. The summed E-state index contributed by atoms with van der Waals surface area (Å²) in [4.78, 5) is 7.55. The van der Waals surface area contributed by atoms with Gasteiger partial charge in [-0.2, -0.15) is 0 Å². The maximum absolute atomic E-state index is 11.6. The fourth-order valence-corrected chi connectivity index (χ4v) is 3.44. The minimum Gasteiger partial charge on any atom is -0.243 e. The van der Waals surface area contributed by atoms with Crippen molar-refractivity contribution >= 4 is 53.0 Å². The molecule has 0 spiro atoms. The number of pyridine rings is 2. The van der Waals surface area contributed by atoms with Gasteiger partial charge in [0.1, 0.15) is 20.1 Å². The third-order valence-corrected chi connectivity index (χ3v) is 6.93. The SMILES string of the molecule is Cc1cc(S(=O)(=O)Cl)cnc1Cl.Cc1cc(S(=O)(=O)N(C)C)cnc1Cl. The van der Waals surface area contributed by atoms with E-state index in [0.29, 0.717) is 16.3 Å². The Labute approximate surface area is 167 Å². The van der Waals surface area contributed by atoms with Gasteiger partial charge in [-0.05, 0) is 37.1 Å². The molecule has 0 aromatic carbocycles. The first-order chi connectivity index (χ1) is 11.8. The quantitative estimate of drug-likeness (QED) is 0.515. The van der Waals surface area contributed by atoms with Crippen LogP contribution in [0.3, 0.4) is 0 Å². The van der Waals surface area contributed by atoms with Crippen molar-refractivity contribution in [1.82, 2.24) is 14.3 Å². The maximum Gasteiger partial charge on any atom is 0.262 e. The fourth-order valence-electron chi connectivity index (χ4n) is 1.55. The van der Waals surface area contributed by atoms with E-state index in [1.54, 1.807) is 13.8 Å². The van der Waals surface area contributed by atoms with Crippen molar-refractivity contribution in [2.75, 3.05) is 14.1 Å². The van der Waals surface area contributed by atoms with Crippen molar-refractivity contribution in [3.05, 3.63) is 46.0 Å². The molecule has 2 aromatic heterocycles. The van der Waals surface area contributed by atoms with Crippen LogP contribution in [0.2, 0.25) is 10.3 Å².